The highest BCUT2D eigenvalue weighted by molar-refractivity contribution is 6.00. The van der Waals surface area contributed by atoms with Gasteiger partial charge in [-0.2, -0.15) is 0 Å². The van der Waals surface area contributed by atoms with E-state index in [0.717, 1.165) is 13.0 Å². The SMILES string of the molecule is CN1CCCC2CC#CC(=O)C21. The Morgan fingerprint density at radius 3 is 3.17 bits per heavy atom. The standard InChI is InChI=1S/C10H13NO/c1-11-7-3-5-8-4-2-6-9(12)10(8)11/h8,10H,3-5,7H2,1H3. The van der Waals surface area contributed by atoms with Crippen molar-refractivity contribution in [2.75, 3.05) is 13.6 Å². The molecule has 64 valence electrons. The maximum absolute atomic E-state index is 11.4. The predicted molar refractivity (Wildman–Crippen MR) is 46.5 cm³/mol. The van der Waals surface area contributed by atoms with Gasteiger partial charge in [-0.25, -0.2) is 0 Å². The van der Waals surface area contributed by atoms with Gasteiger partial charge >= 0.3 is 0 Å². The number of nitrogens with zero attached hydrogens (tertiary/aromatic N) is 1. The van der Waals surface area contributed by atoms with E-state index in [9.17, 15) is 4.79 Å². The molecule has 1 fully saturated rings. The molecule has 1 aliphatic carbocycles. The first-order valence-corrected chi connectivity index (χ1v) is 4.52. The summed E-state index contributed by atoms with van der Waals surface area (Å²) in [6, 6.07) is 0.111. The Morgan fingerprint density at radius 1 is 1.58 bits per heavy atom. The molecule has 12 heavy (non-hydrogen) atoms. The lowest BCUT2D eigenvalue weighted by molar-refractivity contribution is -0.121. The summed E-state index contributed by atoms with van der Waals surface area (Å²) in [5.41, 5.74) is 0. The van der Waals surface area contributed by atoms with Gasteiger partial charge in [0.15, 0.2) is 0 Å². The number of hydrogen-bond acceptors (Lipinski definition) is 2. The van der Waals surface area contributed by atoms with Gasteiger partial charge in [0.2, 0.25) is 5.78 Å². The fraction of sp³-hybridized carbons (Fsp3) is 0.700. The van der Waals surface area contributed by atoms with Crippen LogP contribution < -0.4 is 0 Å². The fourth-order valence-electron chi connectivity index (χ4n) is 2.23. The molecule has 1 saturated heterocycles. The molecular formula is C10H13NO. The van der Waals surface area contributed by atoms with Gasteiger partial charge in [-0.05, 0) is 38.3 Å². The first-order valence-electron chi connectivity index (χ1n) is 4.52. The molecular weight excluding hydrogens is 150 g/mol. The van der Waals surface area contributed by atoms with Crippen LogP contribution in [0.15, 0.2) is 0 Å². The van der Waals surface area contributed by atoms with Crippen molar-refractivity contribution >= 4 is 5.78 Å². The molecule has 0 amide bonds. The summed E-state index contributed by atoms with van der Waals surface area (Å²) in [6.45, 7) is 1.05. The van der Waals surface area contributed by atoms with Gasteiger partial charge in [0.1, 0.15) is 0 Å². The van der Waals surface area contributed by atoms with E-state index in [-0.39, 0.29) is 11.8 Å². The van der Waals surface area contributed by atoms with Crippen molar-refractivity contribution in [1.29, 1.82) is 0 Å². The minimum absolute atomic E-state index is 0.111. The second kappa shape index (κ2) is 2.91. The summed E-state index contributed by atoms with van der Waals surface area (Å²) in [4.78, 5) is 13.6. The minimum Gasteiger partial charge on any atom is -0.296 e. The van der Waals surface area contributed by atoms with Gasteiger partial charge in [-0.3, -0.25) is 9.69 Å². The van der Waals surface area contributed by atoms with Crippen molar-refractivity contribution in [3.63, 3.8) is 0 Å². The fourth-order valence-corrected chi connectivity index (χ4v) is 2.23. The van der Waals surface area contributed by atoms with E-state index in [2.05, 4.69) is 16.7 Å². The first kappa shape index (κ1) is 7.82. The predicted octanol–water partition coefficient (Wildman–Crippen LogP) is 0.673. The highest BCUT2D eigenvalue weighted by Crippen LogP contribution is 2.27. The summed E-state index contributed by atoms with van der Waals surface area (Å²) in [6.07, 6.45) is 3.31. The summed E-state index contributed by atoms with van der Waals surface area (Å²) in [5, 5.41) is 0. The molecule has 0 saturated carbocycles. The van der Waals surface area contributed by atoms with Gasteiger partial charge in [-0.1, -0.05) is 5.92 Å². The molecule has 0 spiro atoms. The zero-order chi connectivity index (χ0) is 8.55. The summed E-state index contributed by atoms with van der Waals surface area (Å²) in [5.74, 6) is 6.25. The molecule has 0 radical (unpaired) electrons. The van der Waals surface area contributed by atoms with Crippen LogP contribution in [0.5, 0.6) is 0 Å². The Bertz CT molecular complexity index is 261. The number of carbonyl (C=O) groups excluding carboxylic acids is 1. The van der Waals surface area contributed by atoms with Gasteiger partial charge in [-0.15, -0.1) is 0 Å². The highest BCUT2D eigenvalue weighted by Gasteiger charge is 2.34. The quantitative estimate of drug-likeness (QED) is 0.386. The van der Waals surface area contributed by atoms with Crippen molar-refractivity contribution in [3.05, 3.63) is 0 Å². The number of likely N-dealkylation sites (N-methyl/N-ethyl adjacent to an activating group) is 1. The highest BCUT2D eigenvalue weighted by atomic mass is 16.1. The Balaban J connectivity index is 2.23. The summed E-state index contributed by atoms with van der Waals surface area (Å²) >= 11 is 0. The van der Waals surface area contributed by atoms with E-state index in [1.54, 1.807) is 0 Å². The molecule has 0 bridgehead atoms. The van der Waals surface area contributed by atoms with Gasteiger partial charge in [0.05, 0.1) is 6.04 Å². The molecule has 2 unspecified atom stereocenters. The van der Waals surface area contributed by atoms with Crippen molar-refractivity contribution in [3.8, 4) is 11.8 Å². The van der Waals surface area contributed by atoms with Crippen molar-refractivity contribution in [1.82, 2.24) is 4.90 Å². The van der Waals surface area contributed by atoms with E-state index in [4.69, 9.17) is 0 Å². The molecule has 2 heteroatoms. The van der Waals surface area contributed by atoms with E-state index >= 15 is 0 Å². The molecule has 2 rings (SSSR count). The number of piperidine rings is 1. The molecule has 1 heterocycles. The van der Waals surface area contributed by atoms with E-state index in [1.807, 2.05) is 7.05 Å². The average molecular weight is 163 g/mol. The third-order valence-corrected chi connectivity index (χ3v) is 2.85. The third-order valence-electron chi connectivity index (χ3n) is 2.85. The Kier molecular flexibility index (Phi) is 1.90. The van der Waals surface area contributed by atoms with E-state index in [0.29, 0.717) is 5.92 Å². The second-order valence-electron chi connectivity index (χ2n) is 3.70. The van der Waals surface area contributed by atoms with Crippen LogP contribution in [-0.4, -0.2) is 30.3 Å². The number of likely N-dealkylation sites (tertiary alicyclic amines) is 1. The average Bonchev–Trinajstić information content (AvgIpc) is 2.04. The molecule has 0 aromatic carbocycles. The van der Waals surface area contributed by atoms with Crippen LogP contribution in [0, 0.1) is 17.8 Å². The van der Waals surface area contributed by atoms with Gasteiger partial charge in [0.25, 0.3) is 0 Å². The van der Waals surface area contributed by atoms with Crippen LogP contribution >= 0.6 is 0 Å². The van der Waals surface area contributed by atoms with Crippen LogP contribution in [0.1, 0.15) is 19.3 Å². The van der Waals surface area contributed by atoms with Crippen LogP contribution in [0.3, 0.4) is 0 Å². The van der Waals surface area contributed by atoms with Gasteiger partial charge < -0.3 is 0 Å². The number of carbonyl (C=O) groups is 1. The van der Waals surface area contributed by atoms with Crippen LogP contribution in [-0.2, 0) is 4.79 Å². The van der Waals surface area contributed by atoms with Crippen LogP contribution in [0.25, 0.3) is 0 Å². The number of fused-ring (bicyclic) bond motifs is 1. The molecule has 0 aromatic heterocycles. The zero-order valence-corrected chi connectivity index (χ0v) is 7.34. The van der Waals surface area contributed by atoms with Gasteiger partial charge in [0, 0.05) is 6.42 Å². The lowest BCUT2D eigenvalue weighted by Crippen LogP contribution is -2.48. The van der Waals surface area contributed by atoms with E-state index < -0.39 is 0 Å². The maximum Gasteiger partial charge on any atom is 0.222 e. The minimum atomic E-state index is 0.111. The molecule has 0 aromatic rings. The number of ketones is 1. The van der Waals surface area contributed by atoms with Crippen molar-refractivity contribution in [2.24, 2.45) is 5.92 Å². The lowest BCUT2D eigenvalue weighted by Gasteiger charge is -2.37. The smallest absolute Gasteiger partial charge is 0.222 e. The largest absolute Gasteiger partial charge is 0.296 e. The monoisotopic (exact) mass is 163 g/mol. The van der Waals surface area contributed by atoms with E-state index in [1.165, 1.54) is 12.8 Å². The Labute approximate surface area is 72.9 Å². The number of Topliss-reactive ketones (excluding diaryl/α,β-unsaturated/α-hetero) is 1. The zero-order valence-electron chi connectivity index (χ0n) is 7.34. The molecule has 2 aliphatic rings. The third kappa shape index (κ3) is 1.15. The molecule has 2 nitrogen and oxygen atoms in total. The van der Waals surface area contributed by atoms with Crippen LogP contribution in [0.2, 0.25) is 0 Å². The Hall–Kier alpha value is -0.810. The Morgan fingerprint density at radius 2 is 2.42 bits per heavy atom. The summed E-state index contributed by atoms with van der Waals surface area (Å²) < 4.78 is 0. The van der Waals surface area contributed by atoms with Crippen molar-refractivity contribution < 1.29 is 4.79 Å². The molecule has 2 atom stereocenters. The van der Waals surface area contributed by atoms with Crippen LogP contribution in [0.4, 0.5) is 0 Å². The van der Waals surface area contributed by atoms with Crippen molar-refractivity contribution in [2.45, 2.75) is 25.3 Å². The number of rotatable bonds is 0. The molecule has 1 aliphatic heterocycles. The lowest BCUT2D eigenvalue weighted by atomic mass is 9.82. The molecule has 0 N–H and O–H groups in total. The first-order chi connectivity index (χ1) is 5.79. The maximum atomic E-state index is 11.4. The second-order valence-corrected chi connectivity index (χ2v) is 3.70. The normalized spacial score (nSPS) is 35.2. The number of hydrogen-bond donors (Lipinski definition) is 0. The topological polar surface area (TPSA) is 20.3 Å². The summed E-state index contributed by atoms with van der Waals surface area (Å²) in [7, 11) is 2.03.